The van der Waals surface area contributed by atoms with E-state index in [9.17, 15) is 9.59 Å². The van der Waals surface area contributed by atoms with E-state index in [1.807, 2.05) is 70.5 Å². The summed E-state index contributed by atoms with van der Waals surface area (Å²) in [4.78, 5) is 47.3. The number of hydrogen-bond donors (Lipinski definition) is 2. The molecule has 3 aromatic carbocycles. The van der Waals surface area contributed by atoms with Crippen molar-refractivity contribution in [1.29, 1.82) is 0 Å². The first-order valence-electron chi connectivity index (χ1n) is 16.9. The molecule has 3 aliphatic heterocycles. The summed E-state index contributed by atoms with van der Waals surface area (Å²) in [7, 11) is 0. The average Bonchev–Trinajstić information content (AvgIpc) is 3.94. The fraction of sp³-hybridized carbons (Fsp3) is 0.368. The van der Waals surface area contributed by atoms with Crippen LogP contribution in [0.25, 0.3) is 22.1 Å². The van der Waals surface area contributed by atoms with Crippen LogP contribution in [0.5, 0.6) is 0 Å². The number of hydrogen-bond acceptors (Lipinski definition) is 5. The Labute approximate surface area is 273 Å². The molecule has 0 spiro atoms. The van der Waals surface area contributed by atoms with Gasteiger partial charge in [0.15, 0.2) is 0 Å². The van der Waals surface area contributed by atoms with E-state index in [1.165, 1.54) is 0 Å². The Bertz CT molecular complexity index is 2040. The maximum atomic E-state index is 13.6. The van der Waals surface area contributed by atoms with Gasteiger partial charge in [-0.3, -0.25) is 9.59 Å². The molecule has 3 atom stereocenters. The summed E-state index contributed by atoms with van der Waals surface area (Å²) in [5.41, 5.74) is 7.17. The van der Waals surface area contributed by atoms with Gasteiger partial charge in [-0.05, 0) is 93.0 Å². The smallest absolute Gasteiger partial charge is 0.254 e. The fourth-order valence-corrected chi connectivity index (χ4v) is 7.43. The van der Waals surface area contributed by atoms with Crippen molar-refractivity contribution in [1.82, 2.24) is 29.7 Å². The van der Waals surface area contributed by atoms with Crippen LogP contribution in [0.2, 0.25) is 0 Å². The third-order valence-electron chi connectivity index (χ3n) is 9.87. The van der Waals surface area contributed by atoms with Crippen LogP contribution >= 0.6 is 0 Å². The van der Waals surface area contributed by atoms with Crippen LogP contribution in [-0.2, 0) is 16.0 Å². The van der Waals surface area contributed by atoms with Gasteiger partial charge in [-0.1, -0.05) is 37.0 Å². The summed E-state index contributed by atoms with van der Waals surface area (Å²) in [6, 6.07) is 19.8. The molecule has 9 nitrogen and oxygen atoms in total. The third-order valence-corrected chi connectivity index (χ3v) is 9.87. The zero-order valence-electron chi connectivity index (χ0n) is 26.6. The Morgan fingerprint density at radius 1 is 0.809 bits per heavy atom. The number of nitrogens with zero attached hydrogens (tertiary/aromatic N) is 4. The zero-order valence-corrected chi connectivity index (χ0v) is 26.6. The van der Waals surface area contributed by atoms with Gasteiger partial charge >= 0.3 is 0 Å². The largest absolute Gasteiger partial charge is 0.368 e. The van der Waals surface area contributed by atoms with Crippen LogP contribution < -0.4 is 0 Å². The topological polar surface area (TPSA) is 107 Å². The van der Waals surface area contributed by atoms with Gasteiger partial charge in [0.2, 0.25) is 0 Å². The molecule has 47 heavy (non-hydrogen) atoms. The minimum Gasteiger partial charge on any atom is -0.368 e. The second-order valence-corrected chi connectivity index (χ2v) is 12.8. The van der Waals surface area contributed by atoms with Crippen LogP contribution in [0, 0.1) is 11.8 Å². The first-order valence-corrected chi connectivity index (χ1v) is 16.9. The van der Waals surface area contributed by atoms with Gasteiger partial charge in [0.05, 0.1) is 34.2 Å². The quantitative estimate of drug-likeness (QED) is 0.225. The zero-order chi connectivity index (χ0) is 31.9. The molecule has 2 N–H and O–H groups in total. The van der Waals surface area contributed by atoms with Crippen molar-refractivity contribution in [3.05, 3.63) is 94.6 Å². The summed E-state index contributed by atoms with van der Waals surface area (Å²) >= 11 is 0. The predicted octanol–water partition coefficient (Wildman–Crippen LogP) is 6.22. The van der Waals surface area contributed by atoms with Crippen LogP contribution in [0.4, 0.5) is 0 Å². The van der Waals surface area contributed by atoms with E-state index in [2.05, 4.69) is 28.7 Å². The van der Waals surface area contributed by atoms with E-state index < -0.39 is 0 Å². The number of fused-ring (bicyclic) bond motifs is 2. The molecule has 0 radical (unpaired) electrons. The lowest BCUT2D eigenvalue weighted by Crippen LogP contribution is -2.38. The Morgan fingerprint density at radius 3 is 2.04 bits per heavy atom. The Hall–Kier alpha value is -4.94. The van der Waals surface area contributed by atoms with Crippen molar-refractivity contribution in [2.24, 2.45) is 0 Å². The molecule has 3 saturated heterocycles. The lowest BCUT2D eigenvalue weighted by Gasteiger charge is -2.25. The third kappa shape index (κ3) is 5.57. The van der Waals surface area contributed by atoms with Crippen LogP contribution in [0.3, 0.4) is 0 Å². The second-order valence-electron chi connectivity index (χ2n) is 12.8. The number of nitrogens with one attached hydrogen (secondary N) is 2. The normalized spacial score (nSPS) is 21.1. The summed E-state index contributed by atoms with van der Waals surface area (Å²) in [6.07, 6.45) is 5.94. The fourth-order valence-electron chi connectivity index (χ4n) is 7.43. The lowest BCUT2D eigenvalue weighted by atomic mass is 10.0. The lowest BCUT2D eigenvalue weighted by molar-refractivity contribution is -0.142. The van der Waals surface area contributed by atoms with Crippen molar-refractivity contribution in [2.45, 2.75) is 70.1 Å². The molecule has 5 heterocycles. The number of H-pyrrole nitrogens is 2. The van der Waals surface area contributed by atoms with Crippen molar-refractivity contribution in [3.8, 4) is 11.8 Å². The summed E-state index contributed by atoms with van der Waals surface area (Å²) in [5, 5.41) is 0. The van der Waals surface area contributed by atoms with Crippen molar-refractivity contribution in [3.63, 3.8) is 0 Å². The summed E-state index contributed by atoms with van der Waals surface area (Å²) < 4.78 is 5.68. The highest BCUT2D eigenvalue weighted by molar-refractivity contribution is 5.96. The average molecular weight is 627 g/mol. The Morgan fingerprint density at radius 2 is 1.43 bits per heavy atom. The molecule has 0 saturated carbocycles. The molecule has 5 aromatic rings. The highest BCUT2D eigenvalue weighted by atomic mass is 16.5. The molecule has 8 rings (SSSR count). The molecule has 1 unspecified atom stereocenters. The van der Waals surface area contributed by atoms with Gasteiger partial charge in [0.1, 0.15) is 17.8 Å². The second kappa shape index (κ2) is 12.3. The molecule has 0 bridgehead atoms. The summed E-state index contributed by atoms with van der Waals surface area (Å²) in [6.45, 7) is 4.21. The van der Waals surface area contributed by atoms with Gasteiger partial charge < -0.3 is 24.5 Å². The van der Waals surface area contributed by atoms with Crippen molar-refractivity contribution < 1.29 is 14.3 Å². The van der Waals surface area contributed by atoms with Crippen molar-refractivity contribution >= 4 is 33.9 Å². The molecule has 238 valence electrons. The van der Waals surface area contributed by atoms with Crippen LogP contribution in [0.1, 0.15) is 96.2 Å². The minimum absolute atomic E-state index is 0.0544. The number of amides is 2. The van der Waals surface area contributed by atoms with Crippen LogP contribution in [0.15, 0.2) is 60.7 Å². The molecule has 2 aromatic heterocycles. The number of likely N-dealkylation sites (tertiary alicyclic amines) is 2. The van der Waals surface area contributed by atoms with E-state index in [0.29, 0.717) is 6.61 Å². The van der Waals surface area contributed by atoms with E-state index >= 15 is 0 Å². The number of aryl methyl sites for hydroxylation is 1. The van der Waals surface area contributed by atoms with Gasteiger partial charge in [-0.2, -0.15) is 0 Å². The van der Waals surface area contributed by atoms with E-state index in [-0.39, 0.29) is 30.0 Å². The molecule has 0 aliphatic carbocycles. The number of benzene rings is 3. The van der Waals surface area contributed by atoms with Crippen LogP contribution in [-0.4, -0.2) is 67.4 Å². The van der Waals surface area contributed by atoms with Gasteiger partial charge in [0.25, 0.3) is 11.8 Å². The Balaban J connectivity index is 1.000. The number of ether oxygens (including phenoxy) is 1. The molecular weight excluding hydrogens is 588 g/mol. The first-order chi connectivity index (χ1) is 23.1. The maximum absolute atomic E-state index is 13.6. The standard InChI is InChI=1S/C38H38N6O3/c1-2-26-8-3-4-9-27(26)37(45)43-19-5-10-32(43)35-39-28-17-15-24(22-30(28)41-35)13-14-25-16-18-29-31(23-25)42-36(40-29)33-11-6-20-44(33)38(46)34-12-7-21-47-34/h3-4,8-9,15-18,22-23,32-34H,2,5-7,10-12,19-21H2,1H3,(H,39,41)(H,40,42)/t32-,33?,34-/m0/s1. The Kier molecular flexibility index (Phi) is 7.74. The number of carbonyl (C=O) groups is 2. The number of rotatable bonds is 5. The molecule has 3 fully saturated rings. The maximum Gasteiger partial charge on any atom is 0.254 e. The number of aromatic amines is 2. The first kappa shape index (κ1) is 29.5. The molecule has 2 amide bonds. The molecule has 9 heteroatoms. The highest BCUT2D eigenvalue weighted by Gasteiger charge is 2.37. The number of carbonyl (C=O) groups excluding carboxylic acids is 2. The van der Waals surface area contributed by atoms with E-state index in [0.717, 1.165) is 114 Å². The number of aromatic nitrogens is 4. The van der Waals surface area contributed by atoms with Gasteiger partial charge in [0, 0.05) is 36.4 Å². The highest BCUT2D eigenvalue weighted by Crippen LogP contribution is 2.35. The van der Waals surface area contributed by atoms with E-state index in [4.69, 9.17) is 14.7 Å². The van der Waals surface area contributed by atoms with Gasteiger partial charge in [-0.15, -0.1) is 0 Å². The SMILES string of the molecule is CCc1ccccc1C(=O)N1CCC[C@H]1c1nc2ccc(C#Cc3ccc4nc(C5CCCN5C(=O)[C@@H]5CCCO5)[nH]c4c3)cc2[nH]1. The number of imidazole rings is 2. The van der Waals surface area contributed by atoms with Crippen molar-refractivity contribution in [2.75, 3.05) is 19.7 Å². The predicted molar refractivity (Wildman–Crippen MR) is 180 cm³/mol. The van der Waals surface area contributed by atoms with E-state index in [1.54, 1.807) is 0 Å². The van der Waals surface area contributed by atoms with Gasteiger partial charge in [-0.25, -0.2) is 9.97 Å². The summed E-state index contributed by atoms with van der Waals surface area (Å²) in [5.74, 6) is 8.43. The monoisotopic (exact) mass is 626 g/mol. The molecule has 3 aliphatic rings. The minimum atomic E-state index is -0.315. The molecular formula is C38H38N6O3.